The summed E-state index contributed by atoms with van der Waals surface area (Å²) in [5, 5.41) is 10.0. The molecule has 27 heavy (non-hydrogen) atoms. The lowest BCUT2D eigenvalue weighted by atomic mass is 9.92. The van der Waals surface area contributed by atoms with E-state index < -0.39 is 12.0 Å². The Hall–Kier alpha value is -2.72. The summed E-state index contributed by atoms with van der Waals surface area (Å²) in [5.41, 5.74) is 9.49. The predicted octanol–water partition coefficient (Wildman–Crippen LogP) is 3.72. The lowest BCUT2D eigenvalue weighted by molar-refractivity contribution is -0.139. The molecule has 1 aromatic carbocycles. The number of hydrogen-bond donors (Lipinski definition) is 1. The molecule has 6 nitrogen and oxygen atoms in total. The van der Waals surface area contributed by atoms with Crippen LogP contribution in [0.5, 0.6) is 0 Å². The highest BCUT2D eigenvalue weighted by Gasteiger charge is 2.43. The van der Waals surface area contributed by atoms with Gasteiger partial charge in [-0.2, -0.15) is 5.26 Å². The Labute approximate surface area is 163 Å². The van der Waals surface area contributed by atoms with Crippen molar-refractivity contribution in [1.82, 2.24) is 4.90 Å². The van der Waals surface area contributed by atoms with Crippen molar-refractivity contribution in [2.24, 2.45) is 10.7 Å². The summed E-state index contributed by atoms with van der Waals surface area (Å²) in [6.45, 7) is 6.11. The zero-order chi connectivity index (χ0) is 19.6. The fourth-order valence-corrected chi connectivity index (χ4v) is 4.09. The van der Waals surface area contributed by atoms with E-state index in [1.807, 2.05) is 38.1 Å². The quantitative estimate of drug-likeness (QED) is 0.780. The molecule has 2 heterocycles. The first-order chi connectivity index (χ1) is 13.0. The molecular weight excluding hydrogens is 360 g/mol. The molecule has 0 unspecified atom stereocenters. The molecule has 0 aromatic heterocycles. The van der Waals surface area contributed by atoms with Gasteiger partial charge in [-0.15, -0.1) is 0 Å². The molecular formula is C20H22N4O2S. The highest BCUT2D eigenvalue weighted by Crippen LogP contribution is 2.46. The van der Waals surface area contributed by atoms with Gasteiger partial charge in [0.25, 0.3) is 0 Å². The van der Waals surface area contributed by atoms with Crippen LogP contribution in [0.1, 0.15) is 43.9 Å². The highest BCUT2D eigenvalue weighted by molar-refractivity contribution is 8.17. The third-order valence-electron chi connectivity index (χ3n) is 4.44. The highest BCUT2D eigenvalue weighted by atomic mass is 32.2. The van der Waals surface area contributed by atoms with Crippen molar-refractivity contribution >= 4 is 22.9 Å². The number of rotatable bonds is 5. The Balaban J connectivity index is 2.21. The molecule has 2 N–H and O–H groups in total. The number of esters is 1. The number of benzene rings is 1. The SMILES string of the molecule is CCCC1=C(C(=O)OCC)[C@@H](c2ccc(C)cc2)N2C(=N1)SC(C#N)=C2N. The van der Waals surface area contributed by atoms with Crippen molar-refractivity contribution < 1.29 is 9.53 Å². The number of allylic oxidation sites excluding steroid dienone is 2. The second-order valence-electron chi connectivity index (χ2n) is 6.34. The van der Waals surface area contributed by atoms with Crippen LogP contribution >= 0.6 is 11.8 Å². The van der Waals surface area contributed by atoms with Crippen LogP contribution in [0.3, 0.4) is 0 Å². The fourth-order valence-electron chi connectivity index (χ4n) is 3.20. The van der Waals surface area contributed by atoms with E-state index in [0.29, 0.717) is 33.6 Å². The molecule has 2 aliphatic rings. The van der Waals surface area contributed by atoms with Gasteiger partial charge in [-0.25, -0.2) is 9.79 Å². The average Bonchev–Trinajstić information content (AvgIpc) is 2.97. The summed E-state index contributed by atoms with van der Waals surface area (Å²) in [4.78, 5) is 19.7. The first-order valence-electron chi connectivity index (χ1n) is 8.94. The number of thioether (sulfide) groups is 1. The molecule has 1 aromatic rings. The van der Waals surface area contributed by atoms with Crippen LogP contribution in [-0.4, -0.2) is 22.6 Å². The first kappa shape index (κ1) is 19.1. The summed E-state index contributed by atoms with van der Waals surface area (Å²) in [7, 11) is 0. The Morgan fingerprint density at radius 2 is 2.07 bits per heavy atom. The molecule has 2 aliphatic heterocycles. The van der Waals surface area contributed by atoms with Gasteiger partial charge in [-0.1, -0.05) is 43.2 Å². The third-order valence-corrected chi connectivity index (χ3v) is 5.42. The van der Waals surface area contributed by atoms with E-state index in [4.69, 9.17) is 10.5 Å². The number of amidine groups is 1. The normalized spacial score (nSPS) is 19.0. The molecule has 0 bridgehead atoms. The number of carbonyl (C=O) groups is 1. The number of ether oxygens (including phenoxy) is 1. The summed E-state index contributed by atoms with van der Waals surface area (Å²) < 4.78 is 5.35. The summed E-state index contributed by atoms with van der Waals surface area (Å²) in [5.74, 6) is -0.0679. The molecule has 0 saturated carbocycles. The van der Waals surface area contributed by atoms with E-state index >= 15 is 0 Å². The van der Waals surface area contributed by atoms with Gasteiger partial charge in [-0.05, 0) is 37.6 Å². The maximum absolute atomic E-state index is 12.9. The zero-order valence-electron chi connectivity index (χ0n) is 15.7. The standard InChI is InChI=1S/C20H22N4O2S/c1-4-6-14-16(19(25)26-5-2)17(13-9-7-12(3)8-10-13)24-18(22)15(11-21)27-20(24)23-14/h7-10,17H,4-6,22H2,1-3H3/t17-/m1/s1. The van der Waals surface area contributed by atoms with E-state index in [1.54, 1.807) is 11.8 Å². The van der Waals surface area contributed by atoms with Gasteiger partial charge in [0.15, 0.2) is 5.17 Å². The van der Waals surface area contributed by atoms with E-state index in [-0.39, 0.29) is 6.61 Å². The van der Waals surface area contributed by atoms with E-state index in [0.717, 1.165) is 17.5 Å². The number of hydrogen-bond acceptors (Lipinski definition) is 7. The number of nitriles is 1. The lowest BCUT2D eigenvalue weighted by Crippen LogP contribution is -2.39. The van der Waals surface area contributed by atoms with Crippen LogP contribution in [0.4, 0.5) is 0 Å². The van der Waals surface area contributed by atoms with Crippen LogP contribution in [0.15, 0.2) is 51.3 Å². The molecule has 0 radical (unpaired) electrons. The van der Waals surface area contributed by atoms with Crippen molar-refractivity contribution in [3.05, 3.63) is 57.4 Å². The Bertz CT molecular complexity index is 894. The smallest absolute Gasteiger partial charge is 0.338 e. The Kier molecular flexibility index (Phi) is 5.57. The van der Waals surface area contributed by atoms with Crippen molar-refractivity contribution in [2.75, 3.05) is 6.61 Å². The zero-order valence-corrected chi connectivity index (χ0v) is 16.5. The third kappa shape index (κ3) is 3.45. The summed E-state index contributed by atoms with van der Waals surface area (Å²) >= 11 is 1.24. The molecule has 0 fully saturated rings. The molecule has 0 amide bonds. The number of fused-ring (bicyclic) bond motifs is 1. The molecule has 1 atom stereocenters. The molecule has 7 heteroatoms. The van der Waals surface area contributed by atoms with Crippen LogP contribution in [0.2, 0.25) is 0 Å². The van der Waals surface area contributed by atoms with E-state index in [1.165, 1.54) is 11.8 Å². The Morgan fingerprint density at radius 1 is 1.37 bits per heavy atom. The Morgan fingerprint density at radius 3 is 2.67 bits per heavy atom. The van der Waals surface area contributed by atoms with Gasteiger partial charge in [-0.3, -0.25) is 4.90 Å². The number of nitrogens with two attached hydrogens (primary N) is 1. The summed E-state index contributed by atoms with van der Waals surface area (Å²) in [6.07, 6.45) is 1.49. The molecule has 140 valence electrons. The average molecular weight is 382 g/mol. The first-order valence-corrected chi connectivity index (χ1v) is 9.75. The summed E-state index contributed by atoms with van der Waals surface area (Å²) in [6, 6.07) is 9.62. The molecule has 0 saturated heterocycles. The van der Waals surface area contributed by atoms with Gasteiger partial charge in [0.2, 0.25) is 0 Å². The maximum atomic E-state index is 12.9. The number of nitrogens with zero attached hydrogens (tertiary/aromatic N) is 3. The lowest BCUT2D eigenvalue weighted by Gasteiger charge is -2.35. The van der Waals surface area contributed by atoms with E-state index in [9.17, 15) is 10.1 Å². The van der Waals surface area contributed by atoms with Crippen molar-refractivity contribution in [3.63, 3.8) is 0 Å². The molecule has 3 rings (SSSR count). The number of carbonyl (C=O) groups excluding carboxylic acids is 1. The van der Waals surface area contributed by atoms with E-state index in [2.05, 4.69) is 11.1 Å². The van der Waals surface area contributed by atoms with Crippen LogP contribution < -0.4 is 5.73 Å². The predicted molar refractivity (Wildman–Crippen MR) is 106 cm³/mol. The largest absolute Gasteiger partial charge is 0.463 e. The van der Waals surface area contributed by atoms with Crippen molar-refractivity contribution in [3.8, 4) is 6.07 Å². The van der Waals surface area contributed by atoms with Gasteiger partial charge in [0.1, 0.15) is 16.8 Å². The fraction of sp³-hybridized carbons (Fsp3) is 0.350. The minimum atomic E-state index is -0.461. The van der Waals surface area contributed by atoms with Gasteiger partial charge < -0.3 is 10.5 Å². The second-order valence-corrected chi connectivity index (χ2v) is 7.31. The molecule has 0 aliphatic carbocycles. The topological polar surface area (TPSA) is 91.7 Å². The number of aliphatic imine (C=N–C) groups is 1. The van der Waals surface area contributed by atoms with Crippen LogP contribution in [0, 0.1) is 18.3 Å². The monoisotopic (exact) mass is 382 g/mol. The maximum Gasteiger partial charge on any atom is 0.338 e. The van der Waals surface area contributed by atoms with Crippen LogP contribution in [0.25, 0.3) is 0 Å². The van der Waals surface area contributed by atoms with Crippen molar-refractivity contribution in [1.29, 1.82) is 5.26 Å². The minimum absolute atomic E-state index is 0.280. The second kappa shape index (κ2) is 7.89. The molecule has 0 spiro atoms. The van der Waals surface area contributed by atoms with Gasteiger partial charge >= 0.3 is 5.97 Å². The van der Waals surface area contributed by atoms with Crippen LogP contribution in [-0.2, 0) is 9.53 Å². The van der Waals surface area contributed by atoms with Gasteiger partial charge in [0.05, 0.1) is 23.9 Å². The minimum Gasteiger partial charge on any atom is -0.463 e. The number of aryl methyl sites for hydroxylation is 1. The van der Waals surface area contributed by atoms with Gasteiger partial charge in [0, 0.05) is 0 Å². The van der Waals surface area contributed by atoms with Crippen molar-refractivity contribution in [2.45, 2.75) is 39.7 Å².